The first-order valence-corrected chi connectivity index (χ1v) is 5.79. The largest absolute Gasteiger partial charge is 0.449 e. The fourth-order valence-electron chi connectivity index (χ4n) is 1.64. The van der Waals surface area contributed by atoms with Crippen molar-refractivity contribution in [1.29, 1.82) is 0 Å². The number of hydrogen-bond acceptors (Lipinski definition) is 4. The molecular weight excluding hydrogens is 248 g/mol. The molecule has 0 fully saturated rings. The second kappa shape index (κ2) is 5.38. The van der Waals surface area contributed by atoms with Gasteiger partial charge in [-0.15, -0.1) is 0 Å². The Labute approximate surface area is 109 Å². The van der Waals surface area contributed by atoms with Crippen LogP contribution < -0.4 is 10.9 Å². The smallest absolute Gasteiger partial charge is 0.426 e. The third-order valence-corrected chi connectivity index (χ3v) is 2.49. The van der Waals surface area contributed by atoms with Gasteiger partial charge in [-0.05, 0) is 26.0 Å². The first-order chi connectivity index (χ1) is 9.11. The zero-order chi connectivity index (χ0) is 13.8. The molecule has 0 aliphatic heterocycles. The molecule has 2 rings (SSSR count). The van der Waals surface area contributed by atoms with Crippen molar-refractivity contribution in [1.82, 2.24) is 21.0 Å². The van der Waals surface area contributed by atoms with E-state index >= 15 is 0 Å². The van der Waals surface area contributed by atoms with E-state index in [0.717, 1.165) is 11.1 Å². The summed E-state index contributed by atoms with van der Waals surface area (Å²) in [6.45, 7) is 3.82. The van der Waals surface area contributed by atoms with Crippen LogP contribution in [0.5, 0.6) is 0 Å². The van der Waals surface area contributed by atoms with E-state index in [1.807, 2.05) is 25.1 Å². The van der Waals surface area contributed by atoms with Crippen LogP contribution in [0.3, 0.4) is 0 Å². The van der Waals surface area contributed by atoms with Gasteiger partial charge in [0.05, 0.1) is 12.1 Å². The molecule has 0 aliphatic rings. The van der Waals surface area contributed by atoms with Crippen molar-refractivity contribution in [2.45, 2.75) is 13.8 Å². The topological polar surface area (TPSA) is 96.1 Å². The molecule has 7 heteroatoms. The normalized spacial score (nSPS) is 10.2. The van der Waals surface area contributed by atoms with Gasteiger partial charge in [0.25, 0.3) is 5.91 Å². The highest BCUT2D eigenvalue weighted by Gasteiger charge is 2.14. The predicted octanol–water partition coefficient (Wildman–Crippen LogP) is 1.26. The number of nitrogens with zero attached hydrogens (tertiary/aromatic N) is 1. The van der Waals surface area contributed by atoms with E-state index in [1.54, 1.807) is 6.92 Å². The minimum absolute atomic E-state index is 0.218. The second-order valence-electron chi connectivity index (χ2n) is 3.92. The summed E-state index contributed by atoms with van der Waals surface area (Å²) < 4.78 is 4.62. The number of rotatable bonds is 2. The van der Waals surface area contributed by atoms with E-state index in [-0.39, 0.29) is 12.3 Å². The Morgan fingerprint density at radius 1 is 1.37 bits per heavy atom. The van der Waals surface area contributed by atoms with Crippen molar-refractivity contribution in [3.8, 4) is 0 Å². The monoisotopic (exact) mass is 262 g/mol. The summed E-state index contributed by atoms with van der Waals surface area (Å²) in [5.74, 6) is -0.509. The molecule has 2 aromatic rings. The number of nitrogens with one attached hydrogen (secondary N) is 3. The molecule has 19 heavy (non-hydrogen) atoms. The molecular formula is C12H14N4O3. The van der Waals surface area contributed by atoms with Gasteiger partial charge in [0.2, 0.25) is 0 Å². The molecule has 0 atom stereocenters. The van der Waals surface area contributed by atoms with Crippen molar-refractivity contribution in [2.75, 3.05) is 6.61 Å². The number of H-pyrrole nitrogens is 1. The minimum Gasteiger partial charge on any atom is -0.449 e. The molecule has 0 aliphatic carbocycles. The number of benzene rings is 1. The summed E-state index contributed by atoms with van der Waals surface area (Å²) in [6, 6.07) is 5.60. The highest BCUT2D eigenvalue weighted by molar-refractivity contribution is 6.05. The first kappa shape index (κ1) is 12.9. The predicted molar refractivity (Wildman–Crippen MR) is 68.5 cm³/mol. The quantitative estimate of drug-likeness (QED) is 0.710. The van der Waals surface area contributed by atoms with Gasteiger partial charge < -0.3 is 4.74 Å². The van der Waals surface area contributed by atoms with Gasteiger partial charge in [-0.3, -0.25) is 15.3 Å². The van der Waals surface area contributed by atoms with E-state index in [4.69, 9.17) is 0 Å². The van der Waals surface area contributed by atoms with Crippen LogP contribution in [0.1, 0.15) is 23.0 Å². The molecule has 0 bridgehead atoms. The van der Waals surface area contributed by atoms with Crippen LogP contribution in [-0.4, -0.2) is 28.8 Å². The number of carbonyl (C=O) groups excluding carboxylic acids is 2. The number of carbonyl (C=O) groups is 2. The van der Waals surface area contributed by atoms with Gasteiger partial charge in [0.15, 0.2) is 5.69 Å². The van der Waals surface area contributed by atoms with Crippen LogP contribution >= 0.6 is 0 Å². The van der Waals surface area contributed by atoms with Gasteiger partial charge in [0, 0.05) is 5.39 Å². The molecule has 1 aromatic carbocycles. The van der Waals surface area contributed by atoms with Gasteiger partial charge >= 0.3 is 6.09 Å². The molecule has 0 unspecified atom stereocenters. The third-order valence-electron chi connectivity index (χ3n) is 2.49. The summed E-state index contributed by atoms with van der Waals surface area (Å²) in [4.78, 5) is 22.9. The van der Waals surface area contributed by atoms with Crippen LogP contribution in [0.25, 0.3) is 10.9 Å². The molecule has 0 radical (unpaired) electrons. The van der Waals surface area contributed by atoms with Gasteiger partial charge in [-0.25, -0.2) is 10.2 Å². The van der Waals surface area contributed by atoms with Crippen molar-refractivity contribution < 1.29 is 14.3 Å². The van der Waals surface area contributed by atoms with E-state index in [2.05, 4.69) is 25.8 Å². The van der Waals surface area contributed by atoms with E-state index < -0.39 is 12.0 Å². The number of aromatic nitrogens is 2. The van der Waals surface area contributed by atoms with Crippen LogP contribution in [-0.2, 0) is 4.74 Å². The summed E-state index contributed by atoms with van der Waals surface area (Å²) in [7, 11) is 0. The third kappa shape index (κ3) is 2.82. The number of ether oxygens (including phenoxy) is 1. The van der Waals surface area contributed by atoms with Crippen LogP contribution in [0, 0.1) is 6.92 Å². The van der Waals surface area contributed by atoms with Gasteiger partial charge in [0.1, 0.15) is 0 Å². The Bertz CT molecular complexity index is 620. The van der Waals surface area contributed by atoms with Crippen LogP contribution in [0.2, 0.25) is 0 Å². The molecule has 1 heterocycles. The zero-order valence-corrected chi connectivity index (χ0v) is 10.6. The Morgan fingerprint density at radius 2 is 2.16 bits per heavy atom. The van der Waals surface area contributed by atoms with Crippen molar-refractivity contribution >= 4 is 22.9 Å². The van der Waals surface area contributed by atoms with Crippen molar-refractivity contribution in [3.05, 3.63) is 29.5 Å². The minimum atomic E-state index is -0.716. The lowest BCUT2D eigenvalue weighted by Crippen LogP contribution is -2.42. The highest BCUT2D eigenvalue weighted by atomic mass is 16.5. The maximum Gasteiger partial charge on any atom is 0.426 e. The lowest BCUT2D eigenvalue weighted by Gasteiger charge is -2.05. The summed E-state index contributed by atoms with van der Waals surface area (Å²) in [5.41, 5.74) is 6.36. The molecule has 7 nitrogen and oxygen atoms in total. The standard InChI is InChI=1S/C12H14N4O3/c1-3-19-12(18)16-15-11(17)10-8-6-7(2)4-5-9(8)13-14-10/h4-6H,3H2,1-2H3,(H,13,14)(H,15,17)(H,16,18). The highest BCUT2D eigenvalue weighted by Crippen LogP contribution is 2.17. The summed E-state index contributed by atoms with van der Waals surface area (Å²) in [5, 5.41) is 7.38. The van der Waals surface area contributed by atoms with Crippen LogP contribution in [0.4, 0.5) is 4.79 Å². The first-order valence-electron chi connectivity index (χ1n) is 5.79. The molecule has 2 amide bonds. The number of aromatic amines is 1. The molecule has 3 N–H and O–H groups in total. The second-order valence-corrected chi connectivity index (χ2v) is 3.92. The number of fused-ring (bicyclic) bond motifs is 1. The zero-order valence-electron chi connectivity index (χ0n) is 10.6. The average Bonchev–Trinajstić information content (AvgIpc) is 2.79. The lowest BCUT2D eigenvalue weighted by atomic mass is 10.1. The number of hydrazine groups is 1. The fraction of sp³-hybridized carbons (Fsp3) is 0.250. The average molecular weight is 262 g/mol. The molecule has 1 aromatic heterocycles. The molecule has 0 spiro atoms. The van der Waals surface area contributed by atoms with Crippen LogP contribution in [0.15, 0.2) is 18.2 Å². The number of hydrogen-bond donors (Lipinski definition) is 3. The summed E-state index contributed by atoms with van der Waals surface area (Å²) in [6.07, 6.45) is -0.716. The maximum absolute atomic E-state index is 11.9. The SMILES string of the molecule is CCOC(=O)NNC(=O)c1n[nH]c2ccc(C)cc12. The molecule has 0 saturated heterocycles. The van der Waals surface area contributed by atoms with E-state index in [0.29, 0.717) is 5.39 Å². The van der Waals surface area contributed by atoms with Crippen molar-refractivity contribution in [2.24, 2.45) is 0 Å². The van der Waals surface area contributed by atoms with E-state index in [9.17, 15) is 9.59 Å². The molecule has 0 saturated carbocycles. The summed E-state index contributed by atoms with van der Waals surface area (Å²) >= 11 is 0. The Balaban J connectivity index is 2.13. The fourth-order valence-corrected chi connectivity index (χ4v) is 1.64. The van der Waals surface area contributed by atoms with Gasteiger partial charge in [-0.2, -0.15) is 5.10 Å². The number of aryl methyl sites for hydroxylation is 1. The Morgan fingerprint density at radius 3 is 2.89 bits per heavy atom. The molecule has 100 valence electrons. The Kier molecular flexibility index (Phi) is 3.65. The van der Waals surface area contributed by atoms with E-state index in [1.165, 1.54) is 0 Å². The van der Waals surface area contributed by atoms with Crippen molar-refractivity contribution in [3.63, 3.8) is 0 Å². The number of amides is 2. The van der Waals surface area contributed by atoms with Gasteiger partial charge in [-0.1, -0.05) is 11.6 Å². The maximum atomic E-state index is 11.9. The lowest BCUT2D eigenvalue weighted by molar-refractivity contribution is 0.0909. The Hall–Kier alpha value is -2.57.